The molecule has 2 aliphatic rings. The first-order valence-corrected chi connectivity index (χ1v) is 10.6. The number of hydrogen-bond donors (Lipinski definition) is 1. The maximum atomic E-state index is 13.5. The molecule has 0 aromatic carbocycles. The van der Waals surface area contributed by atoms with Crippen molar-refractivity contribution >= 4 is 40.8 Å². The highest BCUT2D eigenvalue weighted by Crippen LogP contribution is 2.39. The number of thiophene rings is 1. The highest BCUT2D eigenvalue weighted by Gasteiger charge is 2.43. The van der Waals surface area contributed by atoms with Crippen LogP contribution in [-0.2, 0) is 0 Å². The van der Waals surface area contributed by atoms with Gasteiger partial charge in [0.2, 0.25) is 0 Å². The summed E-state index contributed by atoms with van der Waals surface area (Å²) < 4.78 is 5.45. The lowest BCUT2D eigenvalue weighted by Gasteiger charge is -2.19. The van der Waals surface area contributed by atoms with E-state index in [9.17, 15) is 4.79 Å². The number of hydrogen-bond acceptors (Lipinski definition) is 6. The minimum atomic E-state index is 0. The topological polar surface area (TPSA) is 85.2 Å². The average molecular weight is 433 g/mol. The molecule has 5 rings (SSSR count). The van der Waals surface area contributed by atoms with Gasteiger partial charge >= 0.3 is 0 Å². The lowest BCUT2D eigenvalue weighted by Crippen LogP contribution is -2.33. The Labute approximate surface area is 179 Å². The molecule has 0 radical (unpaired) electrons. The fourth-order valence-electron chi connectivity index (χ4n) is 4.93. The summed E-state index contributed by atoms with van der Waals surface area (Å²) in [6.45, 7) is 7.55. The highest BCUT2D eigenvalue weighted by molar-refractivity contribution is 7.12. The van der Waals surface area contributed by atoms with Gasteiger partial charge in [-0.1, -0.05) is 5.16 Å². The normalized spacial score (nSPS) is 23.4. The molecule has 3 unspecified atom stereocenters. The van der Waals surface area contributed by atoms with Crippen LogP contribution in [0, 0.1) is 32.6 Å². The Bertz CT molecular complexity index is 1090. The zero-order valence-corrected chi connectivity index (χ0v) is 18.4. The number of rotatable bonds is 2. The molecule has 0 bridgehead atoms. The summed E-state index contributed by atoms with van der Waals surface area (Å²) in [6.07, 6.45) is 2.19. The second kappa shape index (κ2) is 7.38. The van der Waals surface area contributed by atoms with E-state index < -0.39 is 0 Å². The van der Waals surface area contributed by atoms with Crippen LogP contribution in [0.5, 0.6) is 0 Å². The second-order valence-corrected chi connectivity index (χ2v) is 9.67. The number of nitrogens with two attached hydrogens (primary N) is 1. The minimum Gasteiger partial charge on any atom is -0.338 e. The van der Waals surface area contributed by atoms with Crippen molar-refractivity contribution in [3.63, 3.8) is 0 Å². The Hall–Kier alpha value is -1.96. The third kappa shape index (κ3) is 3.25. The lowest BCUT2D eigenvalue weighted by atomic mass is 9.98. The monoisotopic (exact) mass is 432 g/mol. The molecule has 2 fully saturated rings. The van der Waals surface area contributed by atoms with Crippen LogP contribution in [0.1, 0.15) is 38.6 Å². The van der Waals surface area contributed by atoms with Gasteiger partial charge in [0, 0.05) is 34.4 Å². The van der Waals surface area contributed by atoms with Crippen molar-refractivity contribution in [2.75, 3.05) is 13.1 Å². The molecule has 1 saturated heterocycles. The van der Waals surface area contributed by atoms with Crippen LogP contribution in [0.4, 0.5) is 0 Å². The molecule has 29 heavy (non-hydrogen) atoms. The van der Waals surface area contributed by atoms with Gasteiger partial charge in [-0.2, -0.15) is 0 Å². The minimum absolute atomic E-state index is 0. The number of carbonyl (C=O) groups excluding carboxylic acids is 1. The summed E-state index contributed by atoms with van der Waals surface area (Å²) >= 11 is 1.73. The van der Waals surface area contributed by atoms with Crippen LogP contribution in [0.15, 0.2) is 16.7 Å². The molecule has 1 saturated carbocycles. The fourth-order valence-corrected chi connectivity index (χ4v) is 5.86. The Kier molecular flexibility index (Phi) is 5.17. The number of pyridine rings is 1. The zero-order chi connectivity index (χ0) is 19.6. The van der Waals surface area contributed by atoms with E-state index >= 15 is 0 Å². The van der Waals surface area contributed by atoms with Crippen LogP contribution in [0.2, 0.25) is 0 Å². The van der Waals surface area contributed by atoms with Crippen LogP contribution in [0.25, 0.3) is 22.4 Å². The number of amides is 1. The van der Waals surface area contributed by atoms with E-state index in [1.54, 1.807) is 11.3 Å². The maximum absolute atomic E-state index is 13.5. The first kappa shape index (κ1) is 20.3. The van der Waals surface area contributed by atoms with Gasteiger partial charge in [0.1, 0.15) is 0 Å². The van der Waals surface area contributed by atoms with Gasteiger partial charge in [0.25, 0.3) is 11.6 Å². The van der Waals surface area contributed by atoms with Crippen molar-refractivity contribution in [1.29, 1.82) is 0 Å². The Morgan fingerprint density at radius 3 is 2.72 bits per heavy atom. The smallest absolute Gasteiger partial charge is 0.259 e. The molecule has 1 aliphatic heterocycles. The quantitative estimate of drug-likeness (QED) is 0.658. The SMILES string of the molecule is Cc1cc(-c2cc(C(=O)N3CC4CCC(N)C4C3)c3c(C)noc3n2)c(C)s1.Cl. The summed E-state index contributed by atoms with van der Waals surface area (Å²) in [5, 5.41) is 4.79. The number of aryl methyl sites for hydroxylation is 3. The van der Waals surface area contributed by atoms with Crippen LogP contribution >= 0.6 is 23.7 Å². The van der Waals surface area contributed by atoms with Crippen molar-refractivity contribution in [2.45, 2.75) is 39.7 Å². The van der Waals surface area contributed by atoms with E-state index in [1.165, 1.54) is 9.75 Å². The molecule has 6 nitrogen and oxygen atoms in total. The molecule has 2 N–H and O–H groups in total. The van der Waals surface area contributed by atoms with Gasteiger partial charge in [-0.3, -0.25) is 4.79 Å². The molecule has 3 aromatic heterocycles. The molecule has 8 heteroatoms. The first-order chi connectivity index (χ1) is 13.4. The van der Waals surface area contributed by atoms with Gasteiger partial charge in [0.05, 0.1) is 22.3 Å². The summed E-state index contributed by atoms with van der Waals surface area (Å²) in [7, 11) is 0. The van der Waals surface area contributed by atoms with Gasteiger partial charge in [0.15, 0.2) is 0 Å². The molecular formula is C21H25ClN4O2S. The number of aromatic nitrogens is 2. The number of halogens is 1. The first-order valence-electron chi connectivity index (χ1n) is 9.81. The second-order valence-electron chi connectivity index (χ2n) is 8.21. The molecule has 1 aliphatic carbocycles. The van der Waals surface area contributed by atoms with E-state index in [1.807, 2.05) is 17.9 Å². The number of likely N-dealkylation sites (tertiary alicyclic amines) is 1. The van der Waals surface area contributed by atoms with Crippen molar-refractivity contribution in [3.05, 3.63) is 33.1 Å². The van der Waals surface area contributed by atoms with Gasteiger partial charge < -0.3 is 15.2 Å². The number of nitrogens with zero attached hydrogens (tertiary/aromatic N) is 3. The van der Waals surface area contributed by atoms with Crippen molar-refractivity contribution < 1.29 is 9.32 Å². The number of carbonyl (C=O) groups is 1. The predicted octanol–water partition coefficient (Wildman–Crippen LogP) is 4.11. The Morgan fingerprint density at radius 2 is 2.03 bits per heavy atom. The van der Waals surface area contributed by atoms with Crippen LogP contribution < -0.4 is 5.73 Å². The molecule has 154 valence electrons. The van der Waals surface area contributed by atoms with Gasteiger partial charge in [-0.05, 0) is 57.6 Å². The van der Waals surface area contributed by atoms with Crippen LogP contribution in [0.3, 0.4) is 0 Å². The van der Waals surface area contributed by atoms with Gasteiger partial charge in [-0.15, -0.1) is 23.7 Å². The van der Waals surface area contributed by atoms with E-state index in [4.69, 9.17) is 10.3 Å². The largest absolute Gasteiger partial charge is 0.338 e. The third-order valence-electron chi connectivity index (χ3n) is 6.36. The van der Waals surface area contributed by atoms with E-state index in [0.29, 0.717) is 28.8 Å². The molecule has 0 spiro atoms. The standard InChI is InChI=1S/C21H24N4O2S.ClH/c1-10-6-14(12(3)28-10)18-7-15(19-11(2)24-27-20(19)23-18)21(26)25-8-13-4-5-17(22)16(13)9-25;/h6-7,13,16-17H,4-5,8-9,22H2,1-3H3;1H. The van der Waals surface area contributed by atoms with Crippen molar-refractivity contribution in [3.8, 4) is 11.3 Å². The summed E-state index contributed by atoms with van der Waals surface area (Å²) in [4.78, 5) is 22.5. The highest BCUT2D eigenvalue weighted by atomic mass is 35.5. The zero-order valence-electron chi connectivity index (χ0n) is 16.8. The maximum Gasteiger partial charge on any atom is 0.259 e. The number of fused-ring (bicyclic) bond motifs is 2. The predicted molar refractivity (Wildman–Crippen MR) is 117 cm³/mol. The molecule has 3 atom stereocenters. The molecular weight excluding hydrogens is 408 g/mol. The third-order valence-corrected chi connectivity index (χ3v) is 7.33. The average Bonchev–Trinajstić information content (AvgIpc) is 3.40. The summed E-state index contributed by atoms with van der Waals surface area (Å²) in [5.74, 6) is 0.985. The molecule has 4 heterocycles. The molecule has 1 amide bonds. The van der Waals surface area contributed by atoms with Crippen molar-refractivity contribution in [1.82, 2.24) is 15.0 Å². The Morgan fingerprint density at radius 1 is 1.24 bits per heavy atom. The van der Waals surface area contributed by atoms with E-state index in [-0.39, 0.29) is 24.4 Å². The summed E-state index contributed by atoms with van der Waals surface area (Å²) in [6, 6.07) is 4.24. The van der Waals surface area contributed by atoms with E-state index in [2.05, 4.69) is 30.1 Å². The Balaban J connectivity index is 0.00000205. The van der Waals surface area contributed by atoms with E-state index in [0.717, 1.165) is 42.6 Å². The summed E-state index contributed by atoms with van der Waals surface area (Å²) in [5.41, 5.74) is 9.85. The van der Waals surface area contributed by atoms with Gasteiger partial charge in [-0.25, -0.2) is 4.98 Å². The fraction of sp³-hybridized carbons (Fsp3) is 0.476. The van der Waals surface area contributed by atoms with Crippen LogP contribution in [-0.4, -0.2) is 40.1 Å². The van der Waals surface area contributed by atoms with Crippen molar-refractivity contribution in [2.24, 2.45) is 17.6 Å². The molecule has 3 aromatic rings. The lowest BCUT2D eigenvalue weighted by molar-refractivity contribution is 0.0781.